The molecule has 1 amide bonds. The second-order valence-corrected chi connectivity index (χ2v) is 4.39. The van der Waals surface area contributed by atoms with E-state index in [1.54, 1.807) is 7.11 Å². The van der Waals surface area contributed by atoms with Crippen molar-refractivity contribution < 1.29 is 19.4 Å². The predicted molar refractivity (Wildman–Crippen MR) is 62.7 cm³/mol. The number of methoxy groups -OCH3 is 1. The number of carboxylic acids is 1. The van der Waals surface area contributed by atoms with Crippen molar-refractivity contribution >= 4 is 11.9 Å². The van der Waals surface area contributed by atoms with Gasteiger partial charge in [0.15, 0.2) is 0 Å². The number of ether oxygens (including phenoxy) is 1. The standard InChI is InChI=1S/C12H21NO4/c1-17-9-5-3-7-11(14)13-8-4-2-6-10(13)12(15)16/h10H,2-9H2,1H3,(H,15,16). The van der Waals surface area contributed by atoms with Crippen LogP contribution in [0.3, 0.4) is 0 Å². The van der Waals surface area contributed by atoms with Gasteiger partial charge in [0.2, 0.25) is 5.91 Å². The summed E-state index contributed by atoms with van der Waals surface area (Å²) in [5.41, 5.74) is 0. The van der Waals surface area contributed by atoms with Gasteiger partial charge in [-0.05, 0) is 32.1 Å². The highest BCUT2D eigenvalue weighted by molar-refractivity contribution is 5.83. The molecule has 0 aromatic carbocycles. The minimum absolute atomic E-state index is 0.0341. The first-order valence-electron chi connectivity index (χ1n) is 6.18. The first-order valence-corrected chi connectivity index (χ1v) is 6.18. The SMILES string of the molecule is COCCCCC(=O)N1CCCCC1C(=O)O. The number of aliphatic carboxylic acids is 1. The molecule has 98 valence electrons. The van der Waals surface area contributed by atoms with Crippen molar-refractivity contribution in [2.24, 2.45) is 0 Å². The van der Waals surface area contributed by atoms with Crippen LogP contribution in [-0.4, -0.2) is 48.2 Å². The van der Waals surface area contributed by atoms with Crippen LogP contribution in [0.2, 0.25) is 0 Å². The fourth-order valence-electron chi connectivity index (χ4n) is 2.15. The number of carbonyl (C=O) groups excluding carboxylic acids is 1. The second kappa shape index (κ2) is 7.27. The molecule has 5 heteroatoms. The lowest BCUT2D eigenvalue weighted by molar-refractivity contribution is -0.152. The first kappa shape index (κ1) is 14.0. The van der Waals surface area contributed by atoms with E-state index in [4.69, 9.17) is 9.84 Å². The third kappa shape index (κ3) is 4.34. The highest BCUT2D eigenvalue weighted by Gasteiger charge is 2.31. The molecule has 0 radical (unpaired) electrons. The number of nitrogens with zero attached hydrogens (tertiary/aromatic N) is 1. The average molecular weight is 243 g/mol. The number of unbranched alkanes of at least 4 members (excludes halogenated alkanes) is 1. The molecule has 1 fully saturated rings. The fraction of sp³-hybridized carbons (Fsp3) is 0.833. The summed E-state index contributed by atoms with van der Waals surface area (Å²) >= 11 is 0. The summed E-state index contributed by atoms with van der Waals surface area (Å²) < 4.78 is 4.91. The molecule has 1 saturated heterocycles. The van der Waals surface area contributed by atoms with Crippen molar-refractivity contribution in [2.75, 3.05) is 20.3 Å². The number of amides is 1. The topological polar surface area (TPSA) is 66.8 Å². The number of likely N-dealkylation sites (tertiary alicyclic amines) is 1. The molecular weight excluding hydrogens is 222 g/mol. The number of hydrogen-bond donors (Lipinski definition) is 1. The van der Waals surface area contributed by atoms with Crippen molar-refractivity contribution in [3.8, 4) is 0 Å². The van der Waals surface area contributed by atoms with Crippen LogP contribution in [0.25, 0.3) is 0 Å². The maximum atomic E-state index is 11.9. The van der Waals surface area contributed by atoms with E-state index in [1.807, 2.05) is 0 Å². The van der Waals surface area contributed by atoms with Gasteiger partial charge in [-0.2, -0.15) is 0 Å². The lowest BCUT2D eigenvalue weighted by atomic mass is 10.0. The van der Waals surface area contributed by atoms with E-state index in [0.717, 1.165) is 25.7 Å². The van der Waals surface area contributed by atoms with Crippen LogP contribution < -0.4 is 0 Å². The van der Waals surface area contributed by atoms with Crippen LogP contribution in [0.4, 0.5) is 0 Å². The molecule has 17 heavy (non-hydrogen) atoms. The smallest absolute Gasteiger partial charge is 0.326 e. The van der Waals surface area contributed by atoms with Crippen LogP contribution in [0.15, 0.2) is 0 Å². The van der Waals surface area contributed by atoms with Crippen molar-refractivity contribution in [3.05, 3.63) is 0 Å². The van der Waals surface area contributed by atoms with E-state index < -0.39 is 12.0 Å². The largest absolute Gasteiger partial charge is 0.480 e. The zero-order valence-corrected chi connectivity index (χ0v) is 10.4. The van der Waals surface area contributed by atoms with Crippen LogP contribution in [0.5, 0.6) is 0 Å². The van der Waals surface area contributed by atoms with E-state index in [-0.39, 0.29) is 5.91 Å². The van der Waals surface area contributed by atoms with Gasteiger partial charge in [-0.25, -0.2) is 4.79 Å². The Balaban J connectivity index is 2.39. The Kier molecular flexibility index (Phi) is 5.97. The molecule has 0 aromatic rings. The summed E-state index contributed by atoms with van der Waals surface area (Å²) in [7, 11) is 1.63. The Morgan fingerprint density at radius 1 is 1.35 bits per heavy atom. The van der Waals surface area contributed by atoms with Crippen molar-refractivity contribution in [1.82, 2.24) is 4.90 Å². The van der Waals surface area contributed by atoms with E-state index >= 15 is 0 Å². The predicted octanol–water partition coefficient (Wildman–Crippen LogP) is 1.27. The molecule has 0 saturated carbocycles. The fourth-order valence-corrected chi connectivity index (χ4v) is 2.15. The number of piperidine rings is 1. The minimum Gasteiger partial charge on any atom is -0.480 e. The Bertz CT molecular complexity index is 267. The van der Waals surface area contributed by atoms with Crippen molar-refractivity contribution in [2.45, 2.75) is 44.6 Å². The van der Waals surface area contributed by atoms with E-state index in [9.17, 15) is 9.59 Å². The zero-order chi connectivity index (χ0) is 12.7. The third-order valence-electron chi connectivity index (χ3n) is 3.10. The summed E-state index contributed by atoms with van der Waals surface area (Å²) in [6.45, 7) is 1.23. The zero-order valence-electron chi connectivity index (χ0n) is 10.4. The highest BCUT2D eigenvalue weighted by Crippen LogP contribution is 2.18. The molecule has 1 atom stereocenters. The van der Waals surface area contributed by atoms with Crippen molar-refractivity contribution in [3.63, 3.8) is 0 Å². The second-order valence-electron chi connectivity index (χ2n) is 4.39. The number of rotatable bonds is 6. The molecule has 1 aliphatic rings. The number of hydrogen-bond acceptors (Lipinski definition) is 3. The number of carboxylic acid groups (broad SMARTS) is 1. The van der Waals surface area contributed by atoms with Gasteiger partial charge in [0.25, 0.3) is 0 Å². The van der Waals surface area contributed by atoms with Crippen LogP contribution in [0, 0.1) is 0 Å². The normalized spacial score (nSPS) is 20.3. The van der Waals surface area contributed by atoms with Crippen LogP contribution in [0.1, 0.15) is 38.5 Å². The Morgan fingerprint density at radius 3 is 2.76 bits per heavy atom. The van der Waals surface area contributed by atoms with Gasteiger partial charge in [0.05, 0.1) is 0 Å². The molecule has 1 aliphatic heterocycles. The number of carbonyl (C=O) groups is 2. The van der Waals surface area contributed by atoms with Gasteiger partial charge >= 0.3 is 5.97 Å². The quantitative estimate of drug-likeness (QED) is 0.713. The van der Waals surface area contributed by atoms with Gasteiger partial charge in [-0.1, -0.05) is 0 Å². The summed E-state index contributed by atoms with van der Waals surface area (Å²) in [6, 6.07) is -0.612. The Labute approximate surface area is 102 Å². The van der Waals surface area contributed by atoms with Crippen LogP contribution in [-0.2, 0) is 14.3 Å². The minimum atomic E-state index is -0.880. The van der Waals surface area contributed by atoms with Gasteiger partial charge in [-0.3, -0.25) is 4.79 Å². The van der Waals surface area contributed by atoms with Gasteiger partial charge in [0.1, 0.15) is 6.04 Å². The van der Waals surface area contributed by atoms with Crippen molar-refractivity contribution in [1.29, 1.82) is 0 Å². The molecule has 1 rings (SSSR count). The summed E-state index contributed by atoms with van der Waals surface area (Å²) in [4.78, 5) is 24.5. The molecule has 1 heterocycles. The highest BCUT2D eigenvalue weighted by atomic mass is 16.5. The molecule has 0 aliphatic carbocycles. The third-order valence-corrected chi connectivity index (χ3v) is 3.10. The lowest BCUT2D eigenvalue weighted by Crippen LogP contribution is -2.47. The van der Waals surface area contributed by atoms with E-state index in [0.29, 0.717) is 26.0 Å². The lowest BCUT2D eigenvalue weighted by Gasteiger charge is -2.33. The Morgan fingerprint density at radius 2 is 2.12 bits per heavy atom. The van der Waals surface area contributed by atoms with Crippen LogP contribution >= 0.6 is 0 Å². The molecule has 0 aromatic heterocycles. The first-order chi connectivity index (χ1) is 8.16. The summed E-state index contributed by atoms with van der Waals surface area (Å²) in [5, 5.41) is 9.05. The molecule has 0 bridgehead atoms. The molecular formula is C12H21NO4. The summed E-state index contributed by atoms with van der Waals surface area (Å²) in [6.07, 6.45) is 4.41. The molecule has 1 unspecified atom stereocenters. The summed E-state index contributed by atoms with van der Waals surface area (Å²) in [5.74, 6) is -0.914. The monoisotopic (exact) mass is 243 g/mol. The maximum absolute atomic E-state index is 11.9. The Hall–Kier alpha value is -1.10. The van der Waals surface area contributed by atoms with Gasteiger partial charge < -0.3 is 14.7 Å². The van der Waals surface area contributed by atoms with E-state index in [1.165, 1.54) is 4.90 Å². The van der Waals surface area contributed by atoms with Gasteiger partial charge in [0, 0.05) is 26.7 Å². The van der Waals surface area contributed by atoms with Gasteiger partial charge in [-0.15, -0.1) is 0 Å². The molecule has 0 spiro atoms. The maximum Gasteiger partial charge on any atom is 0.326 e. The average Bonchev–Trinajstić information content (AvgIpc) is 2.34. The molecule has 1 N–H and O–H groups in total. The molecule has 5 nitrogen and oxygen atoms in total. The van der Waals surface area contributed by atoms with E-state index in [2.05, 4.69) is 0 Å².